The number of nitrogens with zero attached hydrogens (tertiary/aromatic N) is 1. The van der Waals surface area contributed by atoms with Gasteiger partial charge in [0.15, 0.2) is 6.29 Å². The van der Waals surface area contributed by atoms with Gasteiger partial charge < -0.3 is 14.6 Å². The normalized spacial score (nSPS) is 31.1. The molecular weight excluding hydrogens is 242 g/mol. The summed E-state index contributed by atoms with van der Waals surface area (Å²) in [7, 11) is 0. The minimum Gasteiger partial charge on any atom is -0.394 e. The predicted octanol–water partition coefficient (Wildman–Crippen LogP) is 1.12. The summed E-state index contributed by atoms with van der Waals surface area (Å²) in [5, 5.41) is 9.19. The first-order chi connectivity index (χ1) is 9.35. The molecule has 2 heterocycles. The molecule has 0 aromatic heterocycles. The van der Waals surface area contributed by atoms with Crippen LogP contribution < -0.4 is 0 Å². The Morgan fingerprint density at radius 2 is 2.05 bits per heavy atom. The molecule has 0 saturated carbocycles. The van der Waals surface area contributed by atoms with Gasteiger partial charge in [-0.25, -0.2) is 0 Å². The molecule has 0 spiro atoms. The third-order valence-electron chi connectivity index (χ3n) is 3.57. The van der Waals surface area contributed by atoms with E-state index in [2.05, 4.69) is 29.2 Å². The third-order valence-corrected chi connectivity index (χ3v) is 3.57. The molecule has 2 fully saturated rings. The Morgan fingerprint density at radius 1 is 1.21 bits per heavy atom. The first-order valence-corrected chi connectivity index (χ1v) is 6.71. The van der Waals surface area contributed by atoms with Gasteiger partial charge in [-0.05, 0) is 5.56 Å². The minimum atomic E-state index is -0.180. The summed E-state index contributed by atoms with van der Waals surface area (Å²) in [5.74, 6) is 0. The van der Waals surface area contributed by atoms with Gasteiger partial charge in [0.2, 0.25) is 0 Å². The summed E-state index contributed by atoms with van der Waals surface area (Å²) < 4.78 is 11.2. The largest absolute Gasteiger partial charge is 0.394 e. The summed E-state index contributed by atoms with van der Waals surface area (Å²) in [6.07, 6.45) is 3.96. The molecule has 0 aliphatic carbocycles. The Kier molecular flexibility index (Phi) is 3.94. The van der Waals surface area contributed by atoms with Gasteiger partial charge in [0, 0.05) is 19.6 Å². The van der Waals surface area contributed by atoms with Crippen LogP contribution in [0.1, 0.15) is 5.56 Å². The van der Waals surface area contributed by atoms with Crippen molar-refractivity contribution in [2.75, 3.05) is 26.2 Å². The molecule has 0 radical (unpaired) electrons. The number of rotatable bonds is 4. The molecule has 4 nitrogen and oxygen atoms in total. The van der Waals surface area contributed by atoms with Crippen molar-refractivity contribution in [1.82, 2.24) is 4.90 Å². The Balaban J connectivity index is 1.53. The Bertz CT molecular complexity index is 434. The van der Waals surface area contributed by atoms with Crippen molar-refractivity contribution in [3.63, 3.8) is 0 Å². The fourth-order valence-corrected chi connectivity index (χ4v) is 2.60. The van der Waals surface area contributed by atoms with E-state index in [1.54, 1.807) is 0 Å². The van der Waals surface area contributed by atoms with E-state index in [0.717, 1.165) is 19.6 Å². The van der Waals surface area contributed by atoms with Gasteiger partial charge in [-0.3, -0.25) is 4.90 Å². The van der Waals surface area contributed by atoms with E-state index in [-0.39, 0.29) is 25.1 Å². The maximum absolute atomic E-state index is 9.19. The maximum Gasteiger partial charge on any atom is 0.171 e. The molecule has 2 bridgehead atoms. The van der Waals surface area contributed by atoms with E-state index in [0.29, 0.717) is 0 Å². The highest BCUT2D eigenvalue weighted by molar-refractivity contribution is 5.48. The van der Waals surface area contributed by atoms with Gasteiger partial charge >= 0.3 is 0 Å². The zero-order chi connectivity index (χ0) is 13.1. The highest BCUT2D eigenvalue weighted by Crippen LogP contribution is 2.25. The number of fused-ring (bicyclic) bond motifs is 2. The van der Waals surface area contributed by atoms with Crippen molar-refractivity contribution in [3.8, 4) is 0 Å². The smallest absolute Gasteiger partial charge is 0.171 e. The van der Waals surface area contributed by atoms with Gasteiger partial charge in [0.25, 0.3) is 0 Å². The van der Waals surface area contributed by atoms with E-state index in [9.17, 15) is 5.11 Å². The van der Waals surface area contributed by atoms with Crippen LogP contribution in [-0.4, -0.2) is 54.7 Å². The van der Waals surface area contributed by atoms with Crippen molar-refractivity contribution >= 4 is 6.08 Å². The van der Waals surface area contributed by atoms with Crippen LogP contribution in [0.5, 0.6) is 0 Å². The van der Waals surface area contributed by atoms with Crippen LogP contribution in [0.3, 0.4) is 0 Å². The van der Waals surface area contributed by atoms with Crippen molar-refractivity contribution in [1.29, 1.82) is 0 Å². The molecular formula is C15H19NO3. The molecule has 2 saturated heterocycles. The molecule has 1 aromatic rings. The molecule has 2 aliphatic heterocycles. The van der Waals surface area contributed by atoms with Crippen molar-refractivity contribution in [2.45, 2.75) is 18.5 Å². The predicted molar refractivity (Wildman–Crippen MR) is 72.5 cm³/mol. The monoisotopic (exact) mass is 261 g/mol. The summed E-state index contributed by atoms with van der Waals surface area (Å²) in [4.78, 5) is 2.30. The summed E-state index contributed by atoms with van der Waals surface area (Å²) in [6, 6.07) is 10.3. The molecule has 19 heavy (non-hydrogen) atoms. The Hall–Kier alpha value is -1.20. The topological polar surface area (TPSA) is 41.9 Å². The molecule has 1 aromatic carbocycles. The van der Waals surface area contributed by atoms with Gasteiger partial charge in [0.1, 0.15) is 12.2 Å². The lowest BCUT2D eigenvalue weighted by Crippen LogP contribution is -2.44. The van der Waals surface area contributed by atoms with E-state index in [1.165, 1.54) is 5.56 Å². The van der Waals surface area contributed by atoms with Gasteiger partial charge in [0.05, 0.1) is 6.61 Å². The van der Waals surface area contributed by atoms with E-state index in [1.807, 2.05) is 18.2 Å². The molecule has 4 heteroatoms. The average molecular weight is 261 g/mol. The summed E-state index contributed by atoms with van der Waals surface area (Å²) in [5.41, 5.74) is 1.21. The quantitative estimate of drug-likeness (QED) is 0.882. The van der Waals surface area contributed by atoms with Crippen LogP contribution in [-0.2, 0) is 9.47 Å². The van der Waals surface area contributed by atoms with Crippen molar-refractivity contribution in [2.24, 2.45) is 0 Å². The highest BCUT2D eigenvalue weighted by Gasteiger charge is 2.41. The lowest BCUT2D eigenvalue weighted by Gasteiger charge is -2.29. The van der Waals surface area contributed by atoms with Crippen LogP contribution in [0.4, 0.5) is 0 Å². The van der Waals surface area contributed by atoms with Gasteiger partial charge in [-0.1, -0.05) is 42.5 Å². The van der Waals surface area contributed by atoms with Crippen LogP contribution in [0.15, 0.2) is 36.4 Å². The minimum absolute atomic E-state index is 0.00822. The molecule has 102 valence electrons. The fourth-order valence-electron chi connectivity index (χ4n) is 2.60. The average Bonchev–Trinajstić information content (AvgIpc) is 2.74. The molecule has 2 aliphatic rings. The second-order valence-electron chi connectivity index (χ2n) is 4.99. The fraction of sp³-hybridized carbons (Fsp3) is 0.467. The van der Waals surface area contributed by atoms with Crippen molar-refractivity contribution in [3.05, 3.63) is 42.0 Å². The number of benzene rings is 1. The summed E-state index contributed by atoms with van der Waals surface area (Å²) >= 11 is 0. The SMILES string of the molecule is OC[C@@H]1O[C@H]2CN(C/C=C/c3ccccc3)C[C@@H]1O2. The number of ether oxygens (including phenoxy) is 2. The zero-order valence-corrected chi connectivity index (χ0v) is 10.8. The van der Waals surface area contributed by atoms with Crippen LogP contribution in [0, 0.1) is 0 Å². The first-order valence-electron chi connectivity index (χ1n) is 6.71. The highest BCUT2D eigenvalue weighted by atomic mass is 16.7. The standard InChI is InChI=1S/C15H19NO3/c17-11-14-13-9-16(10-15(18-13)19-14)8-4-7-12-5-2-1-3-6-12/h1-7,13-15,17H,8-11H2/b7-4+/t13-,14-,15-/m0/s1. The number of aliphatic hydroxyl groups is 1. The van der Waals surface area contributed by atoms with Gasteiger partial charge in [-0.2, -0.15) is 0 Å². The summed E-state index contributed by atoms with van der Waals surface area (Å²) in [6.45, 7) is 2.51. The Morgan fingerprint density at radius 3 is 2.84 bits per heavy atom. The van der Waals surface area contributed by atoms with Crippen LogP contribution >= 0.6 is 0 Å². The molecule has 0 amide bonds. The van der Waals surface area contributed by atoms with Crippen LogP contribution in [0.25, 0.3) is 6.08 Å². The number of hydrogen-bond donors (Lipinski definition) is 1. The van der Waals surface area contributed by atoms with Gasteiger partial charge in [-0.15, -0.1) is 0 Å². The number of hydrogen-bond acceptors (Lipinski definition) is 4. The first kappa shape index (κ1) is 12.8. The van der Waals surface area contributed by atoms with E-state index >= 15 is 0 Å². The van der Waals surface area contributed by atoms with E-state index in [4.69, 9.17) is 9.47 Å². The lowest BCUT2D eigenvalue weighted by atomic mass is 10.2. The second kappa shape index (κ2) is 5.84. The molecule has 3 atom stereocenters. The van der Waals surface area contributed by atoms with Crippen molar-refractivity contribution < 1.29 is 14.6 Å². The second-order valence-corrected chi connectivity index (χ2v) is 4.99. The Labute approximate surface area is 113 Å². The molecule has 1 N–H and O–H groups in total. The molecule has 3 rings (SSSR count). The molecule has 0 unspecified atom stereocenters. The van der Waals surface area contributed by atoms with Crippen LogP contribution in [0.2, 0.25) is 0 Å². The maximum atomic E-state index is 9.19. The lowest BCUT2D eigenvalue weighted by molar-refractivity contribution is -0.109. The number of aliphatic hydroxyl groups excluding tert-OH is 1. The number of morpholine rings is 1. The van der Waals surface area contributed by atoms with E-state index < -0.39 is 0 Å². The zero-order valence-electron chi connectivity index (χ0n) is 10.8. The third kappa shape index (κ3) is 3.04.